The van der Waals surface area contributed by atoms with Crippen molar-refractivity contribution in [2.24, 2.45) is 0 Å². The first-order valence-electron chi connectivity index (χ1n) is 32.9. The summed E-state index contributed by atoms with van der Waals surface area (Å²) < 4.78 is 9.88. The number of fused-ring (bicyclic) bond motifs is 14. The summed E-state index contributed by atoms with van der Waals surface area (Å²) >= 11 is 3.49. The molecule has 9 heteroatoms. The van der Waals surface area contributed by atoms with Crippen LogP contribution in [0.15, 0.2) is 347 Å². The average Bonchev–Trinajstić information content (AvgIpc) is 1.55. The zero-order valence-electron chi connectivity index (χ0n) is 52.6. The lowest BCUT2D eigenvalue weighted by Gasteiger charge is -2.27. The maximum atomic E-state index is 6.44. The third-order valence-corrected chi connectivity index (χ3v) is 24.2. The monoisotopic (exact) mass is 1310 g/mol. The second kappa shape index (κ2) is 22.9. The standard InChI is InChI=1S/C89H55N5OS3/c1-2-16-55(17-3-1)58-20-12-22-64(49-58)70-43-44-78(87-85(70)74-28-15-47-90-88(74)97-87)93(67-41-45-80-75(53-67)71-25-6-9-30-79(71)95-80)66-23-13-21-59(50-66)60-33-34-62-51-68(42-37-61(62)48-60)98-83-32-11-8-26-72(83)76-52-63(38-46-84(76)98)56-35-39-65(40-36-56)94(77-29-14-19-57-18-4-5-24-69(57)77)89-91-54-82-86(92-89)73-27-7-10-31-81(73)96-82/h1-54,98H. The second-order valence-corrected chi connectivity index (χ2v) is 29.3. The summed E-state index contributed by atoms with van der Waals surface area (Å²) in [5, 5.41) is 10.4. The SMILES string of the molecule is c1ccc(-c2cccc(-c3ccc(N(c4cccc(-c5ccc6cc([SH]7c8ccccc8-c8cc(-c9ccc(N(c%10ncc%11sc%12ccccc%12c%11n%10)c%10cccc%11ccccc%10%11)cc9)ccc87)ccc6c5)c4)c4ccc5oc6ccccc6c5c4)c4sc5ncccc5c34)c2)cc1. The molecule has 5 aromatic heterocycles. The van der Waals surface area contributed by atoms with Crippen molar-refractivity contribution in [3.63, 3.8) is 0 Å². The molecule has 0 aliphatic carbocycles. The highest BCUT2D eigenvalue weighted by Gasteiger charge is 2.29. The van der Waals surface area contributed by atoms with Crippen molar-refractivity contribution in [3.05, 3.63) is 328 Å². The van der Waals surface area contributed by atoms with Crippen molar-refractivity contribution in [2.75, 3.05) is 9.80 Å². The maximum absolute atomic E-state index is 6.44. The van der Waals surface area contributed by atoms with E-state index in [0.717, 1.165) is 109 Å². The van der Waals surface area contributed by atoms with E-state index in [-0.39, 0.29) is 0 Å². The summed E-state index contributed by atoms with van der Waals surface area (Å²) in [7, 11) is -0.834. The maximum Gasteiger partial charge on any atom is 0.235 e. The molecule has 0 saturated heterocycles. The molecule has 98 heavy (non-hydrogen) atoms. The van der Waals surface area contributed by atoms with Crippen molar-refractivity contribution >= 4 is 152 Å². The minimum absolute atomic E-state index is 0.636. The molecule has 20 rings (SSSR count). The molecule has 6 nitrogen and oxygen atoms in total. The van der Waals surface area contributed by atoms with Crippen molar-refractivity contribution in [3.8, 4) is 55.6 Å². The molecule has 1 atom stereocenters. The van der Waals surface area contributed by atoms with E-state index in [1.807, 2.05) is 18.5 Å². The molecule has 460 valence electrons. The Balaban J connectivity index is 0.646. The number of benzene rings is 14. The van der Waals surface area contributed by atoms with E-state index >= 15 is 0 Å². The van der Waals surface area contributed by atoms with Crippen LogP contribution in [0.2, 0.25) is 0 Å². The first-order valence-corrected chi connectivity index (χ1v) is 35.9. The summed E-state index contributed by atoms with van der Waals surface area (Å²) in [6.07, 6.45) is 3.89. The largest absolute Gasteiger partial charge is 0.456 e. The highest BCUT2D eigenvalue weighted by atomic mass is 32.2. The fraction of sp³-hybridized carbons (Fsp3) is 0. The van der Waals surface area contributed by atoms with Gasteiger partial charge >= 0.3 is 0 Å². The number of pyridine rings is 1. The van der Waals surface area contributed by atoms with Crippen molar-refractivity contribution < 1.29 is 4.42 Å². The number of thiophene rings is 2. The van der Waals surface area contributed by atoms with Crippen molar-refractivity contribution in [1.82, 2.24) is 15.0 Å². The van der Waals surface area contributed by atoms with Gasteiger partial charge in [-0.2, -0.15) is 10.9 Å². The molecular weight excluding hydrogens is 1250 g/mol. The third-order valence-electron chi connectivity index (χ3n) is 19.5. The minimum Gasteiger partial charge on any atom is -0.456 e. The number of aromatic nitrogens is 3. The molecule has 0 radical (unpaired) electrons. The van der Waals surface area contributed by atoms with E-state index in [2.05, 4.69) is 319 Å². The van der Waals surface area contributed by atoms with Crippen LogP contribution < -0.4 is 9.80 Å². The van der Waals surface area contributed by atoms with Crippen LogP contribution >= 0.6 is 33.6 Å². The van der Waals surface area contributed by atoms with E-state index in [4.69, 9.17) is 19.4 Å². The highest BCUT2D eigenvalue weighted by Crippen LogP contribution is 2.63. The number of rotatable bonds is 11. The summed E-state index contributed by atoms with van der Waals surface area (Å²) in [4.78, 5) is 25.1. The van der Waals surface area contributed by atoms with E-state index < -0.39 is 10.9 Å². The van der Waals surface area contributed by atoms with Crippen LogP contribution in [0.3, 0.4) is 0 Å². The van der Waals surface area contributed by atoms with Crippen LogP contribution in [-0.4, -0.2) is 15.0 Å². The second-order valence-electron chi connectivity index (χ2n) is 25.1. The minimum atomic E-state index is -0.834. The van der Waals surface area contributed by atoms with Gasteiger partial charge < -0.3 is 9.32 Å². The zero-order chi connectivity index (χ0) is 64.4. The van der Waals surface area contributed by atoms with E-state index in [0.29, 0.717) is 5.95 Å². The molecule has 0 bridgehead atoms. The molecule has 0 spiro atoms. The Bertz CT molecular complexity index is 6430. The normalized spacial score (nSPS) is 13.2. The molecular formula is C89H55N5OS3. The molecule has 1 aliphatic rings. The predicted molar refractivity (Wildman–Crippen MR) is 415 cm³/mol. The van der Waals surface area contributed by atoms with Gasteiger partial charge in [0.2, 0.25) is 5.95 Å². The number of thiol groups is 1. The smallest absolute Gasteiger partial charge is 0.235 e. The van der Waals surface area contributed by atoms with Gasteiger partial charge in [-0.15, -0.1) is 22.7 Å². The van der Waals surface area contributed by atoms with E-state index in [1.54, 1.807) is 22.7 Å². The van der Waals surface area contributed by atoms with Crippen LogP contribution in [0, 0.1) is 0 Å². The third kappa shape index (κ3) is 9.34. The molecule has 1 aliphatic heterocycles. The summed E-state index contributed by atoms with van der Waals surface area (Å²) in [6, 6.07) is 115. The van der Waals surface area contributed by atoms with Crippen molar-refractivity contribution in [2.45, 2.75) is 14.7 Å². The molecule has 1 unspecified atom stereocenters. The molecule has 19 aromatic rings. The van der Waals surface area contributed by atoms with Gasteiger partial charge in [-0.05, 0) is 198 Å². The van der Waals surface area contributed by atoms with Crippen LogP contribution in [0.1, 0.15) is 0 Å². The number of hydrogen-bond acceptors (Lipinski definition) is 8. The fourth-order valence-electron chi connectivity index (χ4n) is 14.9. The number of anilines is 6. The van der Waals surface area contributed by atoms with Gasteiger partial charge in [0.25, 0.3) is 0 Å². The zero-order valence-corrected chi connectivity index (χ0v) is 55.1. The quantitative estimate of drug-likeness (QED) is 0.130. The van der Waals surface area contributed by atoms with Crippen LogP contribution in [0.4, 0.5) is 34.4 Å². The first kappa shape index (κ1) is 56.4. The molecule has 0 fully saturated rings. The Morgan fingerprint density at radius 2 is 1.00 bits per heavy atom. The summed E-state index contributed by atoms with van der Waals surface area (Å²) in [5.41, 5.74) is 19.8. The van der Waals surface area contributed by atoms with Gasteiger partial charge in [0.05, 0.1) is 32.5 Å². The van der Waals surface area contributed by atoms with Gasteiger partial charge in [0, 0.05) is 70.1 Å². The molecule has 14 aromatic carbocycles. The van der Waals surface area contributed by atoms with Gasteiger partial charge in [0.1, 0.15) is 16.0 Å². The van der Waals surface area contributed by atoms with Gasteiger partial charge in [-0.1, -0.05) is 194 Å². The fourth-order valence-corrected chi connectivity index (χ4v) is 19.7. The van der Waals surface area contributed by atoms with Crippen LogP contribution in [0.25, 0.3) is 140 Å². The van der Waals surface area contributed by atoms with E-state index in [1.165, 1.54) is 73.6 Å². The van der Waals surface area contributed by atoms with Gasteiger partial charge in [0.15, 0.2) is 0 Å². The molecule has 0 N–H and O–H groups in total. The number of nitrogens with zero attached hydrogens (tertiary/aromatic N) is 5. The van der Waals surface area contributed by atoms with Gasteiger partial charge in [-0.25, -0.2) is 15.0 Å². The highest BCUT2D eigenvalue weighted by molar-refractivity contribution is 8.17. The lowest BCUT2D eigenvalue weighted by molar-refractivity contribution is 0.669. The Labute approximate surface area is 575 Å². The summed E-state index contributed by atoms with van der Waals surface area (Å²) in [6.45, 7) is 0. The lowest BCUT2D eigenvalue weighted by Crippen LogP contribution is -2.13. The topological polar surface area (TPSA) is 58.3 Å². The van der Waals surface area contributed by atoms with Crippen LogP contribution in [0.5, 0.6) is 0 Å². The van der Waals surface area contributed by atoms with Gasteiger partial charge in [-0.3, -0.25) is 4.90 Å². The average molecular weight is 1310 g/mol. The number of hydrogen-bond donors (Lipinski definition) is 1. The molecule has 0 saturated carbocycles. The first-order chi connectivity index (χ1) is 48.5. The predicted octanol–water partition coefficient (Wildman–Crippen LogP) is 25.9. The molecule has 0 amide bonds. The molecule has 6 heterocycles. The van der Waals surface area contributed by atoms with E-state index in [9.17, 15) is 0 Å². The Hall–Kier alpha value is -12.0. The van der Waals surface area contributed by atoms with Crippen molar-refractivity contribution in [1.29, 1.82) is 0 Å². The Kier molecular flexibility index (Phi) is 13.2. The Morgan fingerprint density at radius 1 is 0.337 bits per heavy atom. The lowest BCUT2D eigenvalue weighted by atomic mass is 9.95. The number of para-hydroxylation sites is 1. The summed E-state index contributed by atoms with van der Waals surface area (Å²) in [5.74, 6) is 0.636. The Morgan fingerprint density at radius 3 is 1.93 bits per heavy atom. The van der Waals surface area contributed by atoms with Crippen LogP contribution in [-0.2, 0) is 0 Å². The number of furan rings is 1.